The standard InChI is InChI=1S/C28H29N9O2/c29-28-31-8-6-23(35-28)22-17-34-26(21-7-13-39-25(21)22)33-15-18-2-1-3-19(14-18)27(38)36-24-5-4-20(16-32-24)37-11-9-30-10-12-37/h1-6,8,14,16-17,30H,7,9-13,15H2,(H,33,34)(H2,29,31,35)(H,32,36,38). The Morgan fingerprint density at radius 2 is 1.97 bits per heavy atom. The summed E-state index contributed by atoms with van der Waals surface area (Å²) >= 11 is 0. The lowest BCUT2D eigenvalue weighted by Crippen LogP contribution is -2.43. The zero-order chi connectivity index (χ0) is 26.6. The Labute approximate surface area is 225 Å². The third-order valence-corrected chi connectivity index (χ3v) is 6.80. The van der Waals surface area contributed by atoms with Crippen LogP contribution in [0.15, 0.2) is 61.1 Å². The second-order valence-electron chi connectivity index (χ2n) is 9.37. The number of carbonyl (C=O) groups excluding carboxylic acids is 1. The summed E-state index contributed by atoms with van der Waals surface area (Å²) in [5.41, 5.74) is 10.8. The highest BCUT2D eigenvalue weighted by Gasteiger charge is 2.23. The number of pyridine rings is 2. The number of fused-ring (bicyclic) bond motifs is 1. The van der Waals surface area contributed by atoms with Gasteiger partial charge in [0.05, 0.1) is 29.7 Å². The van der Waals surface area contributed by atoms with Crippen molar-refractivity contribution >= 4 is 29.2 Å². The molecule has 4 aromatic rings. The molecule has 1 aromatic carbocycles. The number of carbonyl (C=O) groups is 1. The minimum atomic E-state index is -0.208. The van der Waals surface area contributed by atoms with Crippen LogP contribution < -0.4 is 31.3 Å². The number of anilines is 4. The lowest BCUT2D eigenvalue weighted by atomic mass is 10.1. The van der Waals surface area contributed by atoms with Crippen LogP contribution in [-0.4, -0.2) is 58.6 Å². The van der Waals surface area contributed by atoms with Gasteiger partial charge in [0.15, 0.2) is 0 Å². The van der Waals surface area contributed by atoms with Crippen LogP contribution in [-0.2, 0) is 13.0 Å². The summed E-state index contributed by atoms with van der Waals surface area (Å²) in [7, 11) is 0. The van der Waals surface area contributed by atoms with E-state index < -0.39 is 0 Å². The SMILES string of the molecule is Nc1nccc(-c2cnc(NCc3cccc(C(=O)Nc4ccc(N5CCNCC5)cn4)c3)c3c2OCC3)n1. The van der Waals surface area contributed by atoms with Crippen LogP contribution in [0.4, 0.5) is 23.3 Å². The smallest absolute Gasteiger partial charge is 0.256 e. The van der Waals surface area contributed by atoms with Crippen LogP contribution in [0.2, 0.25) is 0 Å². The predicted octanol–water partition coefficient (Wildman–Crippen LogP) is 2.72. The van der Waals surface area contributed by atoms with E-state index >= 15 is 0 Å². The van der Waals surface area contributed by atoms with E-state index in [-0.39, 0.29) is 11.9 Å². The number of nitrogens with one attached hydrogen (secondary N) is 3. The number of nitrogens with two attached hydrogens (primary N) is 1. The summed E-state index contributed by atoms with van der Waals surface area (Å²) in [6, 6.07) is 13.1. The van der Waals surface area contributed by atoms with E-state index in [9.17, 15) is 4.79 Å². The minimum Gasteiger partial charge on any atom is -0.492 e. The van der Waals surface area contributed by atoms with Crippen molar-refractivity contribution in [2.75, 3.05) is 54.1 Å². The summed E-state index contributed by atoms with van der Waals surface area (Å²) in [5.74, 6) is 2.02. The molecule has 0 saturated carbocycles. The fourth-order valence-electron chi connectivity index (χ4n) is 4.81. The normalized spacial score (nSPS) is 14.4. The zero-order valence-electron chi connectivity index (χ0n) is 21.4. The molecule has 11 heteroatoms. The molecule has 5 heterocycles. The maximum Gasteiger partial charge on any atom is 0.256 e. The number of aromatic nitrogens is 4. The Balaban J connectivity index is 1.12. The first-order valence-corrected chi connectivity index (χ1v) is 12.9. The summed E-state index contributed by atoms with van der Waals surface area (Å²) in [4.78, 5) is 32.6. The molecular weight excluding hydrogens is 494 g/mol. The average molecular weight is 524 g/mol. The molecule has 0 atom stereocenters. The fourth-order valence-corrected chi connectivity index (χ4v) is 4.81. The van der Waals surface area contributed by atoms with Gasteiger partial charge in [-0.2, -0.15) is 0 Å². The van der Waals surface area contributed by atoms with Crippen LogP contribution in [0.5, 0.6) is 5.75 Å². The van der Waals surface area contributed by atoms with Gasteiger partial charge in [-0.05, 0) is 35.9 Å². The van der Waals surface area contributed by atoms with Gasteiger partial charge in [0.1, 0.15) is 17.4 Å². The monoisotopic (exact) mass is 523 g/mol. The summed E-state index contributed by atoms with van der Waals surface area (Å²) in [6.45, 7) is 4.88. The molecule has 1 amide bonds. The van der Waals surface area contributed by atoms with Gasteiger partial charge in [0.25, 0.3) is 5.91 Å². The largest absolute Gasteiger partial charge is 0.492 e. The summed E-state index contributed by atoms with van der Waals surface area (Å²) < 4.78 is 5.92. The number of rotatable bonds is 7. The first-order chi connectivity index (χ1) is 19.1. The molecule has 0 radical (unpaired) electrons. The molecule has 1 saturated heterocycles. The van der Waals surface area contributed by atoms with Crippen molar-refractivity contribution in [3.8, 4) is 17.0 Å². The van der Waals surface area contributed by atoms with Gasteiger partial charge in [-0.25, -0.2) is 19.9 Å². The Morgan fingerprint density at radius 1 is 1.08 bits per heavy atom. The average Bonchev–Trinajstić information content (AvgIpc) is 3.47. The maximum atomic E-state index is 12.9. The zero-order valence-corrected chi connectivity index (χ0v) is 21.4. The maximum absolute atomic E-state index is 12.9. The van der Waals surface area contributed by atoms with E-state index in [0.29, 0.717) is 30.2 Å². The summed E-state index contributed by atoms with van der Waals surface area (Å²) in [6.07, 6.45) is 5.90. The van der Waals surface area contributed by atoms with Gasteiger partial charge in [-0.1, -0.05) is 12.1 Å². The fraction of sp³-hybridized carbons (Fsp3) is 0.250. The van der Waals surface area contributed by atoms with Crippen molar-refractivity contribution in [1.29, 1.82) is 0 Å². The van der Waals surface area contributed by atoms with Gasteiger partial charge < -0.3 is 31.3 Å². The van der Waals surface area contributed by atoms with Crippen LogP contribution >= 0.6 is 0 Å². The van der Waals surface area contributed by atoms with Gasteiger partial charge in [-0.15, -0.1) is 0 Å². The number of nitrogens with zero attached hydrogens (tertiary/aromatic N) is 5. The second kappa shape index (κ2) is 10.9. The van der Waals surface area contributed by atoms with Crippen LogP contribution in [0.1, 0.15) is 21.5 Å². The third kappa shape index (κ3) is 5.43. The molecule has 0 aliphatic carbocycles. The van der Waals surface area contributed by atoms with E-state index in [1.165, 1.54) is 0 Å². The molecule has 1 fully saturated rings. The van der Waals surface area contributed by atoms with E-state index in [2.05, 4.69) is 40.8 Å². The first-order valence-electron chi connectivity index (χ1n) is 12.9. The van der Waals surface area contributed by atoms with Crippen molar-refractivity contribution < 1.29 is 9.53 Å². The number of hydrogen-bond donors (Lipinski definition) is 4. The van der Waals surface area contributed by atoms with Crippen molar-refractivity contribution in [1.82, 2.24) is 25.3 Å². The highest BCUT2D eigenvalue weighted by atomic mass is 16.5. The molecule has 2 aliphatic heterocycles. The van der Waals surface area contributed by atoms with Crippen LogP contribution in [0.25, 0.3) is 11.3 Å². The predicted molar refractivity (Wildman–Crippen MR) is 150 cm³/mol. The Kier molecular flexibility index (Phi) is 6.88. The molecule has 0 spiro atoms. The van der Waals surface area contributed by atoms with Crippen molar-refractivity contribution in [3.05, 3.63) is 77.7 Å². The molecule has 3 aromatic heterocycles. The number of piperazine rings is 1. The van der Waals surface area contributed by atoms with Gasteiger partial charge in [-0.3, -0.25) is 4.79 Å². The van der Waals surface area contributed by atoms with Crippen LogP contribution in [0.3, 0.4) is 0 Å². The molecular formula is C28H29N9O2. The highest BCUT2D eigenvalue weighted by Crippen LogP contribution is 2.39. The molecule has 0 bridgehead atoms. The highest BCUT2D eigenvalue weighted by molar-refractivity contribution is 6.03. The lowest BCUT2D eigenvalue weighted by Gasteiger charge is -2.29. The van der Waals surface area contributed by atoms with Gasteiger partial charge in [0.2, 0.25) is 5.95 Å². The molecule has 11 nitrogen and oxygen atoms in total. The quantitative estimate of drug-likeness (QED) is 0.285. The molecule has 5 N–H and O–H groups in total. The number of benzene rings is 1. The number of hydrogen-bond acceptors (Lipinski definition) is 10. The second-order valence-corrected chi connectivity index (χ2v) is 9.37. The van der Waals surface area contributed by atoms with E-state index in [0.717, 1.165) is 66.5 Å². The minimum absolute atomic E-state index is 0.202. The Hall–Kier alpha value is -4.77. The van der Waals surface area contributed by atoms with Crippen LogP contribution in [0, 0.1) is 0 Å². The van der Waals surface area contributed by atoms with Crippen molar-refractivity contribution in [2.45, 2.75) is 13.0 Å². The molecule has 198 valence electrons. The van der Waals surface area contributed by atoms with Crippen molar-refractivity contribution in [3.63, 3.8) is 0 Å². The molecule has 2 aliphatic rings. The van der Waals surface area contributed by atoms with E-state index in [1.807, 2.05) is 30.3 Å². The van der Waals surface area contributed by atoms with E-state index in [4.69, 9.17) is 10.5 Å². The number of amides is 1. The van der Waals surface area contributed by atoms with Crippen molar-refractivity contribution in [2.24, 2.45) is 0 Å². The number of nitrogen functional groups attached to an aromatic ring is 1. The first kappa shape index (κ1) is 24.6. The Bertz CT molecular complexity index is 1490. The van der Waals surface area contributed by atoms with Gasteiger partial charge in [0, 0.05) is 62.7 Å². The topological polar surface area (TPSA) is 143 Å². The summed E-state index contributed by atoms with van der Waals surface area (Å²) in [5, 5.41) is 9.65. The number of ether oxygens (including phenoxy) is 1. The molecule has 6 rings (SSSR count). The van der Waals surface area contributed by atoms with Gasteiger partial charge >= 0.3 is 0 Å². The molecule has 39 heavy (non-hydrogen) atoms. The lowest BCUT2D eigenvalue weighted by molar-refractivity contribution is 0.102. The third-order valence-electron chi connectivity index (χ3n) is 6.80. The Morgan fingerprint density at radius 3 is 2.79 bits per heavy atom. The molecule has 0 unspecified atom stereocenters. The van der Waals surface area contributed by atoms with E-state index in [1.54, 1.807) is 30.7 Å².